The summed E-state index contributed by atoms with van der Waals surface area (Å²) in [6.45, 7) is 1.44. The Morgan fingerprint density at radius 2 is 2.24 bits per heavy atom. The number of benzene rings is 1. The second-order valence-electron chi connectivity index (χ2n) is 3.69. The van der Waals surface area contributed by atoms with Crippen LogP contribution in [-0.4, -0.2) is 25.2 Å². The summed E-state index contributed by atoms with van der Waals surface area (Å²) in [5.41, 5.74) is 6.44. The first-order valence-electron chi connectivity index (χ1n) is 5.47. The van der Waals surface area contributed by atoms with Gasteiger partial charge in [-0.05, 0) is 31.0 Å². The third kappa shape index (κ3) is 4.66. The summed E-state index contributed by atoms with van der Waals surface area (Å²) in [6.07, 6.45) is 1.89. The Morgan fingerprint density at radius 3 is 2.82 bits per heavy atom. The van der Waals surface area contributed by atoms with Crippen LogP contribution in [0.1, 0.15) is 18.4 Å². The number of unbranched alkanes of at least 4 members (excludes halogenated alkanes) is 1. The van der Waals surface area contributed by atoms with E-state index in [2.05, 4.69) is 5.32 Å². The first-order chi connectivity index (χ1) is 8.15. The Hall–Kier alpha value is -1.20. The van der Waals surface area contributed by atoms with Crippen LogP contribution in [0.5, 0.6) is 0 Å². The quantitative estimate of drug-likeness (QED) is 0.580. The molecule has 0 spiro atoms. The van der Waals surface area contributed by atoms with Gasteiger partial charge in [0.2, 0.25) is 0 Å². The molecule has 3 N–H and O–H groups in total. The maximum Gasteiger partial charge on any atom is 0.146 e. The standard InChI is InChI=1S/C12H17FN2OS/c1-16-7-3-2-6-15-11-5-4-9(12(14)17)8-10(11)13/h4-5,8,15H,2-3,6-7H2,1H3,(H2,14,17). The predicted molar refractivity (Wildman–Crippen MR) is 71.9 cm³/mol. The van der Waals surface area contributed by atoms with Gasteiger partial charge in [-0.1, -0.05) is 12.2 Å². The number of thiocarbonyl (C=S) groups is 1. The highest BCUT2D eigenvalue weighted by atomic mass is 32.1. The van der Waals surface area contributed by atoms with Gasteiger partial charge in [-0.3, -0.25) is 0 Å². The maximum atomic E-state index is 13.6. The van der Waals surface area contributed by atoms with Gasteiger partial charge in [0.25, 0.3) is 0 Å². The molecule has 1 aromatic carbocycles. The smallest absolute Gasteiger partial charge is 0.146 e. The van der Waals surface area contributed by atoms with E-state index in [0.717, 1.165) is 19.4 Å². The van der Waals surface area contributed by atoms with E-state index in [1.807, 2.05) is 0 Å². The van der Waals surface area contributed by atoms with Crippen LogP contribution in [-0.2, 0) is 4.74 Å². The minimum absolute atomic E-state index is 0.204. The molecule has 0 saturated heterocycles. The van der Waals surface area contributed by atoms with E-state index in [1.165, 1.54) is 6.07 Å². The average Bonchev–Trinajstić information content (AvgIpc) is 2.30. The fourth-order valence-electron chi connectivity index (χ4n) is 1.41. The molecule has 1 aromatic rings. The zero-order chi connectivity index (χ0) is 12.7. The van der Waals surface area contributed by atoms with Crippen molar-refractivity contribution in [3.05, 3.63) is 29.6 Å². The average molecular weight is 256 g/mol. The first-order valence-corrected chi connectivity index (χ1v) is 5.88. The Balaban J connectivity index is 2.46. The van der Waals surface area contributed by atoms with Crippen molar-refractivity contribution in [3.63, 3.8) is 0 Å². The predicted octanol–water partition coefficient (Wildman–Crippen LogP) is 2.30. The molecule has 0 radical (unpaired) electrons. The third-order valence-electron chi connectivity index (χ3n) is 2.34. The number of ether oxygens (including phenoxy) is 1. The number of nitrogens with one attached hydrogen (secondary N) is 1. The molecule has 5 heteroatoms. The Kier molecular flexibility index (Phi) is 5.86. The van der Waals surface area contributed by atoms with E-state index >= 15 is 0 Å². The van der Waals surface area contributed by atoms with E-state index in [1.54, 1.807) is 19.2 Å². The molecule has 0 bridgehead atoms. The number of nitrogens with two attached hydrogens (primary N) is 1. The number of halogens is 1. The summed E-state index contributed by atoms with van der Waals surface area (Å²) in [6, 6.07) is 4.71. The van der Waals surface area contributed by atoms with Crippen molar-refractivity contribution in [3.8, 4) is 0 Å². The molecule has 0 fully saturated rings. The van der Waals surface area contributed by atoms with Gasteiger partial charge in [0.15, 0.2) is 0 Å². The van der Waals surface area contributed by atoms with E-state index in [-0.39, 0.29) is 10.8 Å². The molecule has 0 aliphatic heterocycles. The van der Waals surface area contributed by atoms with Crippen LogP contribution in [0.25, 0.3) is 0 Å². The summed E-state index contributed by atoms with van der Waals surface area (Å²) in [5, 5.41) is 3.02. The minimum Gasteiger partial charge on any atom is -0.389 e. The van der Waals surface area contributed by atoms with Crippen LogP contribution in [0.2, 0.25) is 0 Å². The first kappa shape index (κ1) is 13.9. The maximum absolute atomic E-state index is 13.6. The molecule has 0 atom stereocenters. The second-order valence-corrected chi connectivity index (χ2v) is 4.13. The van der Waals surface area contributed by atoms with Crippen molar-refractivity contribution in [1.82, 2.24) is 0 Å². The molecule has 0 aliphatic rings. The third-order valence-corrected chi connectivity index (χ3v) is 2.58. The minimum atomic E-state index is -0.331. The van der Waals surface area contributed by atoms with Crippen LogP contribution < -0.4 is 11.1 Å². The SMILES string of the molecule is COCCCCNc1ccc(C(N)=S)cc1F. The van der Waals surface area contributed by atoms with Crippen LogP contribution in [0.4, 0.5) is 10.1 Å². The zero-order valence-corrected chi connectivity index (χ0v) is 10.6. The molecule has 0 aliphatic carbocycles. The van der Waals surface area contributed by atoms with Gasteiger partial charge >= 0.3 is 0 Å². The molecule has 0 unspecified atom stereocenters. The molecule has 17 heavy (non-hydrogen) atoms. The van der Waals surface area contributed by atoms with E-state index < -0.39 is 0 Å². The van der Waals surface area contributed by atoms with Crippen molar-refractivity contribution < 1.29 is 9.13 Å². The fraction of sp³-hybridized carbons (Fsp3) is 0.417. The molecular formula is C12H17FN2OS. The van der Waals surface area contributed by atoms with Gasteiger partial charge in [0, 0.05) is 25.8 Å². The van der Waals surface area contributed by atoms with E-state index in [4.69, 9.17) is 22.7 Å². The van der Waals surface area contributed by atoms with Gasteiger partial charge in [-0.25, -0.2) is 4.39 Å². The summed E-state index contributed by atoms with van der Waals surface area (Å²) in [4.78, 5) is 0.204. The van der Waals surface area contributed by atoms with E-state index in [0.29, 0.717) is 17.8 Å². The Morgan fingerprint density at radius 1 is 1.47 bits per heavy atom. The van der Waals surface area contributed by atoms with Crippen molar-refractivity contribution in [2.75, 3.05) is 25.6 Å². The largest absolute Gasteiger partial charge is 0.389 e. The molecule has 3 nitrogen and oxygen atoms in total. The van der Waals surface area contributed by atoms with Crippen molar-refractivity contribution in [1.29, 1.82) is 0 Å². The van der Waals surface area contributed by atoms with Crippen LogP contribution in [0.3, 0.4) is 0 Å². The lowest BCUT2D eigenvalue weighted by Crippen LogP contribution is -2.10. The van der Waals surface area contributed by atoms with Gasteiger partial charge in [0.1, 0.15) is 10.8 Å². The zero-order valence-electron chi connectivity index (χ0n) is 9.83. The second kappa shape index (κ2) is 7.19. The fourth-order valence-corrected chi connectivity index (χ4v) is 1.53. The highest BCUT2D eigenvalue weighted by Crippen LogP contribution is 2.15. The van der Waals surface area contributed by atoms with Gasteiger partial charge in [-0.15, -0.1) is 0 Å². The Bertz CT molecular complexity index is 385. The van der Waals surface area contributed by atoms with Gasteiger partial charge < -0.3 is 15.8 Å². The van der Waals surface area contributed by atoms with Gasteiger partial charge in [-0.2, -0.15) is 0 Å². The molecule has 94 valence electrons. The van der Waals surface area contributed by atoms with Crippen molar-refractivity contribution >= 4 is 22.9 Å². The molecule has 0 amide bonds. The number of methoxy groups -OCH3 is 1. The lowest BCUT2D eigenvalue weighted by atomic mass is 10.2. The lowest BCUT2D eigenvalue weighted by molar-refractivity contribution is 0.194. The highest BCUT2D eigenvalue weighted by molar-refractivity contribution is 7.80. The summed E-state index contributed by atoms with van der Waals surface area (Å²) < 4.78 is 18.5. The summed E-state index contributed by atoms with van der Waals surface area (Å²) >= 11 is 4.78. The number of anilines is 1. The molecule has 0 saturated carbocycles. The van der Waals surface area contributed by atoms with Crippen molar-refractivity contribution in [2.24, 2.45) is 5.73 Å². The number of rotatable bonds is 7. The molecular weight excluding hydrogens is 239 g/mol. The van der Waals surface area contributed by atoms with Crippen molar-refractivity contribution in [2.45, 2.75) is 12.8 Å². The number of hydrogen-bond donors (Lipinski definition) is 2. The molecule has 0 heterocycles. The number of hydrogen-bond acceptors (Lipinski definition) is 3. The Labute approximate surface area is 106 Å². The highest BCUT2D eigenvalue weighted by Gasteiger charge is 2.04. The normalized spacial score (nSPS) is 10.2. The van der Waals surface area contributed by atoms with Crippen LogP contribution in [0, 0.1) is 5.82 Å². The molecule has 0 aromatic heterocycles. The summed E-state index contributed by atoms with van der Waals surface area (Å²) in [5.74, 6) is -0.331. The summed E-state index contributed by atoms with van der Waals surface area (Å²) in [7, 11) is 1.67. The van der Waals surface area contributed by atoms with Crippen LogP contribution in [0.15, 0.2) is 18.2 Å². The molecule has 1 rings (SSSR count). The lowest BCUT2D eigenvalue weighted by Gasteiger charge is -2.08. The van der Waals surface area contributed by atoms with Crippen LogP contribution >= 0.6 is 12.2 Å². The van der Waals surface area contributed by atoms with Gasteiger partial charge in [0.05, 0.1) is 5.69 Å². The topological polar surface area (TPSA) is 47.3 Å². The monoisotopic (exact) mass is 256 g/mol. The van der Waals surface area contributed by atoms with E-state index in [9.17, 15) is 4.39 Å².